The van der Waals surface area contributed by atoms with Crippen LogP contribution in [0.25, 0.3) is 56.1 Å². The summed E-state index contributed by atoms with van der Waals surface area (Å²) < 4.78 is 6.11. The quantitative estimate of drug-likeness (QED) is 0.206. The van der Waals surface area contributed by atoms with E-state index in [4.69, 9.17) is 9.40 Å². The molecular formula is C30H19N2O2Pt-. The zero-order valence-corrected chi connectivity index (χ0v) is 20.7. The van der Waals surface area contributed by atoms with Crippen LogP contribution in [-0.2, 0) is 21.1 Å². The van der Waals surface area contributed by atoms with E-state index in [0.717, 1.165) is 39.0 Å². The van der Waals surface area contributed by atoms with Gasteiger partial charge < -0.3 is 9.52 Å². The predicted molar refractivity (Wildman–Crippen MR) is 134 cm³/mol. The van der Waals surface area contributed by atoms with Crippen molar-refractivity contribution < 1.29 is 30.6 Å². The van der Waals surface area contributed by atoms with Gasteiger partial charge in [0, 0.05) is 33.0 Å². The van der Waals surface area contributed by atoms with E-state index in [1.807, 2.05) is 97.1 Å². The third-order valence-corrected chi connectivity index (χ3v) is 5.78. The standard InChI is InChI=1S/C30H19N2O2.Pt/c33-27-16-15-21(20-8-2-1-3-9-20)19-25(27)30-32-29-24(12-7-14-28(29)34-30)22-10-6-11-23(18-22)26-13-4-5-17-31-26;/h1-17,19,33H;/q-1;. The summed E-state index contributed by atoms with van der Waals surface area (Å²) in [6.45, 7) is 0. The second-order valence-electron chi connectivity index (χ2n) is 7.96. The largest absolute Gasteiger partial charge is 0.507 e. The SMILES string of the molecule is Oc1ccc(-c2ccccc2)cc1-c1nc2c(-c3[c-]c(-c4ccccn4)ccc3)cccc2o1.[Pt]. The molecule has 0 aliphatic rings. The molecule has 4 aromatic carbocycles. The van der Waals surface area contributed by atoms with Crippen LogP contribution in [-0.4, -0.2) is 15.1 Å². The summed E-state index contributed by atoms with van der Waals surface area (Å²) in [6, 6.07) is 36.6. The summed E-state index contributed by atoms with van der Waals surface area (Å²) in [5, 5.41) is 10.6. The van der Waals surface area contributed by atoms with E-state index < -0.39 is 0 Å². The number of phenols is 1. The van der Waals surface area contributed by atoms with Crippen LogP contribution in [0.4, 0.5) is 0 Å². The van der Waals surface area contributed by atoms with Crippen molar-refractivity contribution in [1.29, 1.82) is 0 Å². The molecule has 35 heavy (non-hydrogen) atoms. The van der Waals surface area contributed by atoms with Crippen LogP contribution in [0.2, 0.25) is 0 Å². The first kappa shape index (κ1) is 22.8. The Hall–Kier alpha value is -4.01. The number of pyridine rings is 1. The Morgan fingerprint density at radius 2 is 1.49 bits per heavy atom. The molecule has 6 rings (SSSR count). The Morgan fingerprint density at radius 3 is 2.31 bits per heavy atom. The van der Waals surface area contributed by atoms with E-state index in [9.17, 15) is 5.11 Å². The molecule has 0 aliphatic carbocycles. The maximum Gasteiger partial charge on any atom is 0.230 e. The van der Waals surface area contributed by atoms with E-state index in [-0.39, 0.29) is 26.8 Å². The van der Waals surface area contributed by atoms with Gasteiger partial charge in [0.25, 0.3) is 0 Å². The summed E-state index contributed by atoms with van der Waals surface area (Å²) >= 11 is 0. The topological polar surface area (TPSA) is 59.2 Å². The van der Waals surface area contributed by atoms with Crippen LogP contribution in [0.15, 0.2) is 114 Å². The van der Waals surface area contributed by atoms with Crippen LogP contribution in [0.5, 0.6) is 5.75 Å². The van der Waals surface area contributed by atoms with Gasteiger partial charge in [0.15, 0.2) is 0 Å². The van der Waals surface area contributed by atoms with Crippen molar-refractivity contribution in [3.05, 3.63) is 115 Å². The molecule has 0 spiro atoms. The Labute approximate surface area is 217 Å². The molecule has 0 aliphatic heterocycles. The van der Waals surface area contributed by atoms with Gasteiger partial charge in [0.2, 0.25) is 5.89 Å². The first-order chi connectivity index (χ1) is 16.8. The minimum atomic E-state index is 0. The molecule has 6 aromatic rings. The van der Waals surface area contributed by atoms with Gasteiger partial charge in [-0.3, -0.25) is 4.98 Å². The minimum Gasteiger partial charge on any atom is -0.507 e. The molecule has 0 amide bonds. The smallest absolute Gasteiger partial charge is 0.230 e. The second kappa shape index (κ2) is 9.69. The number of aromatic hydroxyl groups is 1. The second-order valence-corrected chi connectivity index (χ2v) is 7.96. The third-order valence-electron chi connectivity index (χ3n) is 5.78. The van der Waals surface area contributed by atoms with E-state index >= 15 is 0 Å². The molecule has 2 aromatic heterocycles. The number of rotatable bonds is 4. The van der Waals surface area contributed by atoms with Gasteiger partial charge in [-0.2, -0.15) is 0 Å². The number of hydrogen-bond acceptors (Lipinski definition) is 4. The van der Waals surface area contributed by atoms with E-state index in [1.54, 1.807) is 12.3 Å². The van der Waals surface area contributed by atoms with Crippen LogP contribution < -0.4 is 0 Å². The van der Waals surface area contributed by atoms with Crippen molar-refractivity contribution in [1.82, 2.24) is 9.97 Å². The average molecular weight is 635 g/mol. The Morgan fingerprint density at radius 1 is 0.686 bits per heavy atom. The molecule has 0 bridgehead atoms. The van der Waals surface area contributed by atoms with Crippen LogP contribution in [0.3, 0.4) is 0 Å². The number of aromatic nitrogens is 2. The third kappa shape index (κ3) is 4.41. The Balaban J connectivity index is 0.00000253. The van der Waals surface area contributed by atoms with Crippen LogP contribution in [0.1, 0.15) is 0 Å². The molecule has 0 radical (unpaired) electrons. The van der Waals surface area contributed by atoms with E-state index in [0.29, 0.717) is 17.0 Å². The van der Waals surface area contributed by atoms with Gasteiger partial charge in [-0.1, -0.05) is 71.8 Å². The summed E-state index contributed by atoms with van der Waals surface area (Å²) in [6.07, 6.45) is 1.77. The van der Waals surface area contributed by atoms with Gasteiger partial charge >= 0.3 is 0 Å². The zero-order valence-electron chi connectivity index (χ0n) is 18.5. The van der Waals surface area contributed by atoms with Crippen molar-refractivity contribution >= 4 is 11.1 Å². The molecule has 172 valence electrons. The maximum absolute atomic E-state index is 10.6. The van der Waals surface area contributed by atoms with Crippen molar-refractivity contribution in [2.24, 2.45) is 0 Å². The van der Waals surface area contributed by atoms with Crippen LogP contribution in [0, 0.1) is 6.07 Å². The Bertz CT molecular complexity index is 1610. The molecular weight excluding hydrogens is 615 g/mol. The normalized spacial score (nSPS) is 10.7. The van der Waals surface area contributed by atoms with Crippen LogP contribution >= 0.6 is 0 Å². The number of hydrogen-bond donors (Lipinski definition) is 1. The van der Waals surface area contributed by atoms with Crippen molar-refractivity contribution in [2.45, 2.75) is 0 Å². The summed E-state index contributed by atoms with van der Waals surface area (Å²) in [5.41, 5.74) is 7.53. The summed E-state index contributed by atoms with van der Waals surface area (Å²) in [5.74, 6) is 0.495. The molecule has 0 saturated heterocycles. The fraction of sp³-hybridized carbons (Fsp3) is 0. The fourth-order valence-electron chi connectivity index (χ4n) is 4.10. The number of fused-ring (bicyclic) bond motifs is 1. The van der Waals surface area contributed by atoms with Gasteiger partial charge in [0.05, 0.1) is 11.1 Å². The molecule has 5 heteroatoms. The predicted octanol–water partition coefficient (Wildman–Crippen LogP) is 7.39. The van der Waals surface area contributed by atoms with Crippen molar-refractivity contribution in [3.8, 4) is 50.7 Å². The average Bonchev–Trinajstić information content (AvgIpc) is 3.34. The minimum absolute atomic E-state index is 0. The van der Waals surface area contributed by atoms with Gasteiger partial charge in [-0.25, -0.2) is 4.98 Å². The number of para-hydroxylation sites is 1. The molecule has 1 N–H and O–H groups in total. The molecule has 4 nitrogen and oxygen atoms in total. The first-order valence-electron chi connectivity index (χ1n) is 11.0. The number of phenolic OH excluding ortho intramolecular Hbond substituents is 1. The van der Waals surface area contributed by atoms with Gasteiger partial charge in [0.1, 0.15) is 11.3 Å². The van der Waals surface area contributed by atoms with Gasteiger partial charge in [-0.05, 0) is 35.4 Å². The number of benzene rings is 4. The Kier molecular flexibility index (Phi) is 6.30. The van der Waals surface area contributed by atoms with Gasteiger partial charge in [-0.15, -0.1) is 29.8 Å². The zero-order chi connectivity index (χ0) is 22.9. The monoisotopic (exact) mass is 634 g/mol. The number of oxazole rings is 1. The molecule has 0 fully saturated rings. The fourth-order valence-corrected chi connectivity index (χ4v) is 4.10. The maximum atomic E-state index is 10.6. The van der Waals surface area contributed by atoms with E-state index in [2.05, 4.69) is 11.1 Å². The molecule has 0 saturated carbocycles. The number of nitrogens with zero attached hydrogens (tertiary/aromatic N) is 2. The summed E-state index contributed by atoms with van der Waals surface area (Å²) in [4.78, 5) is 9.23. The first-order valence-corrected chi connectivity index (χ1v) is 11.0. The van der Waals surface area contributed by atoms with Crippen molar-refractivity contribution in [3.63, 3.8) is 0 Å². The molecule has 0 unspecified atom stereocenters. The van der Waals surface area contributed by atoms with E-state index in [1.165, 1.54) is 0 Å². The van der Waals surface area contributed by atoms with Crippen molar-refractivity contribution in [2.75, 3.05) is 0 Å². The molecule has 0 atom stereocenters. The summed E-state index contributed by atoms with van der Waals surface area (Å²) in [7, 11) is 0. The molecule has 2 heterocycles.